The van der Waals surface area contributed by atoms with E-state index in [1.807, 2.05) is 62.4 Å². The second kappa shape index (κ2) is 13.9. The number of halogens is 2. The highest BCUT2D eigenvalue weighted by atomic mass is 35.5. The van der Waals surface area contributed by atoms with Gasteiger partial charge in [-0.15, -0.1) is 0 Å². The van der Waals surface area contributed by atoms with Crippen molar-refractivity contribution in [3.63, 3.8) is 0 Å². The molecule has 0 bridgehead atoms. The van der Waals surface area contributed by atoms with Gasteiger partial charge in [0.15, 0.2) is 0 Å². The molecule has 1 aliphatic rings. The minimum Gasteiger partial charge on any atom is -0.352 e. The van der Waals surface area contributed by atoms with Crippen molar-refractivity contribution in [3.05, 3.63) is 99.0 Å². The van der Waals surface area contributed by atoms with E-state index in [1.165, 1.54) is 4.90 Å². The molecule has 0 aliphatic heterocycles. The number of anilines is 1. The predicted molar refractivity (Wildman–Crippen MR) is 169 cm³/mol. The first-order chi connectivity index (χ1) is 19.9. The second-order valence-electron chi connectivity index (χ2n) is 11.0. The lowest BCUT2D eigenvalue weighted by Crippen LogP contribution is -2.54. The van der Waals surface area contributed by atoms with Gasteiger partial charge < -0.3 is 10.2 Å². The smallest absolute Gasteiger partial charge is 0.244 e. The van der Waals surface area contributed by atoms with Crippen LogP contribution in [-0.4, -0.2) is 50.0 Å². The van der Waals surface area contributed by atoms with Crippen molar-refractivity contribution in [1.29, 1.82) is 0 Å². The fourth-order valence-electron chi connectivity index (χ4n) is 5.53. The third-order valence-corrected chi connectivity index (χ3v) is 9.53. The Kier molecular flexibility index (Phi) is 10.6. The van der Waals surface area contributed by atoms with Crippen LogP contribution in [0.25, 0.3) is 0 Å². The Morgan fingerprint density at radius 3 is 2.14 bits per heavy atom. The van der Waals surface area contributed by atoms with Crippen molar-refractivity contribution in [2.75, 3.05) is 17.1 Å². The van der Waals surface area contributed by atoms with Crippen molar-refractivity contribution in [2.45, 2.75) is 64.6 Å². The average Bonchev–Trinajstić information content (AvgIpc) is 3.45. The number of carbonyl (C=O) groups excluding carboxylic acids is 2. The summed E-state index contributed by atoms with van der Waals surface area (Å²) in [4.78, 5) is 29.7. The van der Waals surface area contributed by atoms with E-state index in [-0.39, 0.29) is 24.9 Å². The number of amides is 2. The third kappa shape index (κ3) is 8.06. The molecular weight excluding hydrogens is 593 g/mol. The van der Waals surface area contributed by atoms with E-state index in [4.69, 9.17) is 23.2 Å². The largest absolute Gasteiger partial charge is 0.352 e. The molecular formula is C32H37Cl2N3O4S. The summed E-state index contributed by atoms with van der Waals surface area (Å²) in [7, 11) is -3.85. The Morgan fingerprint density at radius 2 is 1.55 bits per heavy atom. The van der Waals surface area contributed by atoms with E-state index >= 15 is 0 Å². The topological polar surface area (TPSA) is 86.8 Å². The first kappa shape index (κ1) is 31.9. The minimum absolute atomic E-state index is 0.0374. The van der Waals surface area contributed by atoms with Crippen LogP contribution >= 0.6 is 23.2 Å². The van der Waals surface area contributed by atoms with Gasteiger partial charge in [0, 0.05) is 19.0 Å². The van der Waals surface area contributed by atoms with Gasteiger partial charge in [-0.3, -0.25) is 13.9 Å². The normalized spacial score (nSPS) is 14.4. The zero-order valence-electron chi connectivity index (χ0n) is 24.1. The number of nitrogens with one attached hydrogen (secondary N) is 1. The van der Waals surface area contributed by atoms with Crippen LogP contribution in [0.3, 0.4) is 0 Å². The molecule has 1 atom stereocenters. The van der Waals surface area contributed by atoms with Gasteiger partial charge >= 0.3 is 0 Å². The summed E-state index contributed by atoms with van der Waals surface area (Å²) in [5, 5.41) is 3.86. The number of benzene rings is 3. The average molecular weight is 631 g/mol. The summed E-state index contributed by atoms with van der Waals surface area (Å²) in [6.07, 6.45) is 5.20. The van der Waals surface area contributed by atoms with Crippen molar-refractivity contribution in [3.8, 4) is 0 Å². The van der Waals surface area contributed by atoms with Crippen LogP contribution in [0, 0.1) is 13.8 Å². The standard InChI is InChI=1S/C32H37Cl2N3O4S/c1-22-10-9-11-23(2)31(22)37(42(3,40)41)21-30(38)36(20-25-16-17-27(33)28(34)18-25)29(19-24-12-5-4-6-13-24)32(39)35-26-14-7-8-15-26/h4-6,9-13,16-18,26,29H,7-8,14-15,19-21H2,1-3H3,(H,35,39)/t29-/m1/s1. The number of aryl methyl sites for hydroxylation is 2. The van der Waals surface area contributed by atoms with Crippen LogP contribution < -0.4 is 9.62 Å². The summed E-state index contributed by atoms with van der Waals surface area (Å²) < 4.78 is 27.3. The first-order valence-electron chi connectivity index (χ1n) is 14.1. The summed E-state index contributed by atoms with van der Waals surface area (Å²) >= 11 is 12.5. The fourth-order valence-corrected chi connectivity index (χ4v) is 6.82. The minimum atomic E-state index is -3.85. The van der Waals surface area contributed by atoms with Gasteiger partial charge in [-0.25, -0.2) is 8.42 Å². The van der Waals surface area contributed by atoms with E-state index in [9.17, 15) is 18.0 Å². The monoisotopic (exact) mass is 629 g/mol. The molecule has 224 valence electrons. The zero-order valence-corrected chi connectivity index (χ0v) is 26.5. The molecule has 4 rings (SSSR count). The molecule has 0 radical (unpaired) electrons. The molecule has 0 heterocycles. The molecule has 0 saturated heterocycles. The molecule has 2 amide bonds. The van der Waals surface area contributed by atoms with Gasteiger partial charge in [0.05, 0.1) is 22.0 Å². The van der Waals surface area contributed by atoms with Gasteiger partial charge in [0.25, 0.3) is 0 Å². The lowest BCUT2D eigenvalue weighted by Gasteiger charge is -2.34. The highest BCUT2D eigenvalue weighted by Crippen LogP contribution is 2.28. The number of carbonyl (C=O) groups is 2. The van der Waals surface area contributed by atoms with Crippen LogP contribution in [0.4, 0.5) is 5.69 Å². The molecule has 0 unspecified atom stereocenters. The third-order valence-electron chi connectivity index (χ3n) is 7.68. The van der Waals surface area contributed by atoms with Crippen molar-refractivity contribution in [2.24, 2.45) is 0 Å². The number of hydrogen-bond acceptors (Lipinski definition) is 4. The molecule has 10 heteroatoms. The molecule has 1 N–H and O–H groups in total. The highest BCUT2D eigenvalue weighted by molar-refractivity contribution is 7.92. The van der Waals surface area contributed by atoms with E-state index < -0.39 is 28.5 Å². The van der Waals surface area contributed by atoms with Crippen LogP contribution in [0.15, 0.2) is 66.7 Å². The molecule has 1 aliphatic carbocycles. The second-order valence-corrected chi connectivity index (χ2v) is 13.7. The molecule has 3 aromatic rings. The molecule has 0 spiro atoms. The number of hydrogen-bond donors (Lipinski definition) is 1. The van der Waals surface area contributed by atoms with Crippen LogP contribution in [0.1, 0.15) is 47.9 Å². The summed E-state index contributed by atoms with van der Waals surface area (Å²) in [5.41, 5.74) is 3.46. The quantitative estimate of drug-likeness (QED) is 0.279. The van der Waals surface area contributed by atoms with Crippen LogP contribution in [0.5, 0.6) is 0 Å². The van der Waals surface area contributed by atoms with E-state index in [1.54, 1.807) is 18.2 Å². The van der Waals surface area contributed by atoms with Crippen LogP contribution in [-0.2, 0) is 32.6 Å². The Bertz CT molecular complexity index is 1510. The van der Waals surface area contributed by atoms with Crippen molar-refractivity contribution < 1.29 is 18.0 Å². The Labute approximate surface area is 258 Å². The lowest BCUT2D eigenvalue weighted by molar-refractivity contribution is -0.140. The number of para-hydroxylation sites is 1. The van der Waals surface area contributed by atoms with Gasteiger partial charge in [-0.2, -0.15) is 0 Å². The predicted octanol–water partition coefficient (Wildman–Crippen LogP) is 6.08. The maximum absolute atomic E-state index is 14.3. The molecule has 42 heavy (non-hydrogen) atoms. The van der Waals surface area contributed by atoms with Crippen molar-refractivity contribution >= 4 is 50.7 Å². The van der Waals surface area contributed by atoms with Gasteiger partial charge in [0.1, 0.15) is 12.6 Å². The fraction of sp³-hybridized carbons (Fsp3) is 0.375. The molecule has 3 aromatic carbocycles. The Hall–Kier alpha value is -3.07. The van der Waals surface area contributed by atoms with Gasteiger partial charge in [-0.05, 0) is 61.1 Å². The molecule has 7 nitrogen and oxygen atoms in total. The van der Waals surface area contributed by atoms with E-state index in [2.05, 4.69) is 5.32 Å². The van der Waals surface area contributed by atoms with Crippen molar-refractivity contribution in [1.82, 2.24) is 10.2 Å². The van der Waals surface area contributed by atoms with Crippen LogP contribution in [0.2, 0.25) is 10.0 Å². The van der Waals surface area contributed by atoms with Gasteiger partial charge in [0.2, 0.25) is 21.8 Å². The Morgan fingerprint density at radius 1 is 0.905 bits per heavy atom. The van der Waals surface area contributed by atoms with E-state index in [0.717, 1.165) is 52.9 Å². The maximum Gasteiger partial charge on any atom is 0.244 e. The number of rotatable bonds is 11. The number of nitrogens with zero attached hydrogens (tertiary/aromatic N) is 2. The SMILES string of the molecule is Cc1cccc(C)c1N(CC(=O)N(Cc1ccc(Cl)c(Cl)c1)[C@H](Cc1ccccc1)C(=O)NC1CCCC1)S(C)(=O)=O. The van der Waals surface area contributed by atoms with E-state index in [0.29, 0.717) is 21.3 Å². The maximum atomic E-state index is 14.3. The molecule has 1 fully saturated rings. The molecule has 1 saturated carbocycles. The highest BCUT2D eigenvalue weighted by Gasteiger charge is 2.34. The van der Waals surface area contributed by atoms with Gasteiger partial charge in [-0.1, -0.05) is 90.6 Å². The summed E-state index contributed by atoms with van der Waals surface area (Å²) in [5.74, 6) is -0.770. The Balaban J connectivity index is 1.77. The molecule has 0 aromatic heterocycles. The first-order valence-corrected chi connectivity index (χ1v) is 16.7. The number of sulfonamides is 1. The lowest BCUT2D eigenvalue weighted by atomic mass is 10.0. The zero-order chi connectivity index (χ0) is 30.4. The summed E-state index contributed by atoms with van der Waals surface area (Å²) in [6.45, 7) is 3.20. The summed E-state index contributed by atoms with van der Waals surface area (Å²) in [6, 6.07) is 19.2.